The molecule has 2 unspecified atom stereocenters. The van der Waals surface area contributed by atoms with Crippen LogP contribution in [0.1, 0.15) is 18.9 Å². The number of hydrazine groups is 1. The van der Waals surface area contributed by atoms with Gasteiger partial charge in [-0.15, -0.1) is 0 Å². The average molecular weight is 312 g/mol. The van der Waals surface area contributed by atoms with Crippen molar-refractivity contribution in [2.45, 2.75) is 25.4 Å². The minimum Gasteiger partial charge on any atom is -0.271 e. The van der Waals surface area contributed by atoms with Crippen LogP contribution in [0.4, 0.5) is 5.69 Å². The summed E-state index contributed by atoms with van der Waals surface area (Å²) in [7, 11) is 0. The highest BCUT2D eigenvalue weighted by Crippen LogP contribution is 2.24. The molecule has 9 heteroatoms. The number of hydrogen-bond donors (Lipinski definition) is 3. The van der Waals surface area contributed by atoms with Crippen molar-refractivity contribution in [2.75, 3.05) is 0 Å². The highest BCUT2D eigenvalue weighted by Gasteiger charge is 2.26. The largest absolute Gasteiger partial charge is 0.288 e. The summed E-state index contributed by atoms with van der Waals surface area (Å²) in [5, 5.41) is 14.6. The Hall–Kier alpha value is -2.03. The maximum atomic E-state index is 11.8. The molecule has 112 valence electrons. The first-order chi connectivity index (χ1) is 9.97. The fourth-order valence-electron chi connectivity index (χ4n) is 1.89. The Kier molecular flexibility index (Phi) is 4.84. The Balaban J connectivity index is 1.97. The molecule has 0 aromatic heterocycles. The molecule has 21 heavy (non-hydrogen) atoms. The van der Waals surface area contributed by atoms with Crippen molar-refractivity contribution in [1.29, 1.82) is 0 Å². The van der Waals surface area contributed by atoms with Crippen molar-refractivity contribution >= 4 is 29.4 Å². The lowest BCUT2D eigenvalue weighted by atomic mass is 10.1. The molecule has 0 aliphatic carbocycles. The van der Waals surface area contributed by atoms with Gasteiger partial charge in [0.05, 0.1) is 11.1 Å². The van der Waals surface area contributed by atoms with Gasteiger partial charge >= 0.3 is 0 Å². The van der Waals surface area contributed by atoms with Gasteiger partial charge < -0.3 is 0 Å². The van der Waals surface area contributed by atoms with Crippen LogP contribution in [0.3, 0.4) is 0 Å². The van der Waals surface area contributed by atoms with Gasteiger partial charge in [-0.25, -0.2) is 10.9 Å². The van der Waals surface area contributed by atoms with Crippen LogP contribution in [0.25, 0.3) is 0 Å². The van der Waals surface area contributed by atoms with Gasteiger partial charge in [-0.3, -0.25) is 20.3 Å². The lowest BCUT2D eigenvalue weighted by molar-refractivity contribution is -0.384. The van der Waals surface area contributed by atoms with E-state index in [4.69, 9.17) is 11.6 Å². The maximum absolute atomic E-state index is 11.8. The monoisotopic (exact) mass is 311 g/mol. The molecule has 0 bridgehead atoms. The molecule has 1 amide bonds. The number of nitrogens with one attached hydrogen (secondary N) is 3. The maximum Gasteiger partial charge on any atom is 0.288 e. The number of nitrogens with zero attached hydrogens (tertiary/aromatic N) is 2. The molecule has 1 aromatic carbocycles. The molecular weight excluding hydrogens is 298 g/mol. The summed E-state index contributed by atoms with van der Waals surface area (Å²) in [6.45, 7) is 1.95. The summed E-state index contributed by atoms with van der Waals surface area (Å²) in [5.41, 5.74) is 8.42. The predicted octanol–water partition coefficient (Wildman–Crippen LogP) is 0.953. The number of amides is 1. The number of nitro groups is 1. The predicted molar refractivity (Wildman–Crippen MR) is 78.0 cm³/mol. The van der Waals surface area contributed by atoms with Gasteiger partial charge in [0, 0.05) is 17.7 Å². The molecule has 2 rings (SSSR count). The van der Waals surface area contributed by atoms with Crippen LogP contribution in [0.15, 0.2) is 23.3 Å². The van der Waals surface area contributed by atoms with Crippen molar-refractivity contribution in [3.05, 3.63) is 38.9 Å². The van der Waals surface area contributed by atoms with Crippen LogP contribution in [0, 0.1) is 10.1 Å². The van der Waals surface area contributed by atoms with Gasteiger partial charge in [-0.1, -0.05) is 17.7 Å². The quantitative estimate of drug-likeness (QED) is 0.436. The first-order valence-corrected chi connectivity index (χ1v) is 6.63. The van der Waals surface area contributed by atoms with Gasteiger partial charge in [0.2, 0.25) is 0 Å². The normalized spacial score (nSPS) is 21.6. The minimum absolute atomic E-state index is 0.0522. The molecule has 2 atom stereocenters. The molecule has 1 saturated heterocycles. The van der Waals surface area contributed by atoms with Crippen molar-refractivity contribution in [3.63, 3.8) is 0 Å². The first-order valence-electron chi connectivity index (χ1n) is 6.25. The van der Waals surface area contributed by atoms with Crippen LogP contribution < -0.4 is 16.3 Å². The van der Waals surface area contributed by atoms with E-state index in [-0.39, 0.29) is 28.7 Å². The fraction of sp³-hybridized carbons (Fsp3) is 0.333. The molecule has 0 radical (unpaired) electrons. The van der Waals surface area contributed by atoms with Crippen LogP contribution in [-0.4, -0.2) is 29.1 Å². The van der Waals surface area contributed by atoms with Gasteiger partial charge in [0.15, 0.2) is 0 Å². The van der Waals surface area contributed by atoms with E-state index >= 15 is 0 Å². The number of hydrazone groups is 1. The third-order valence-corrected chi connectivity index (χ3v) is 3.28. The Bertz CT molecular complexity index is 592. The Morgan fingerprint density at radius 2 is 2.33 bits per heavy atom. The lowest BCUT2D eigenvalue weighted by Crippen LogP contribution is -2.41. The van der Waals surface area contributed by atoms with Gasteiger partial charge in [-0.2, -0.15) is 5.10 Å². The molecule has 8 nitrogen and oxygen atoms in total. The molecule has 0 saturated carbocycles. The van der Waals surface area contributed by atoms with E-state index < -0.39 is 4.92 Å². The minimum atomic E-state index is -0.576. The summed E-state index contributed by atoms with van der Waals surface area (Å²) in [6.07, 6.45) is 1.99. The highest BCUT2D eigenvalue weighted by molar-refractivity contribution is 6.32. The highest BCUT2D eigenvalue weighted by atomic mass is 35.5. The van der Waals surface area contributed by atoms with Crippen LogP contribution in [-0.2, 0) is 4.79 Å². The summed E-state index contributed by atoms with van der Waals surface area (Å²) < 4.78 is 0. The van der Waals surface area contributed by atoms with E-state index in [9.17, 15) is 14.9 Å². The number of hydrogen-bond acceptors (Lipinski definition) is 6. The topological polar surface area (TPSA) is 109 Å². The van der Waals surface area contributed by atoms with Gasteiger partial charge in [0.25, 0.3) is 11.6 Å². The molecule has 1 fully saturated rings. The average Bonchev–Trinajstić information content (AvgIpc) is 2.87. The first kappa shape index (κ1) is 15.4. The molecule has 3 N–H and O–H groups in total. The summed E-state index contributed by atoms with van der Waals surface area (Å²) >= 11 is 5.70. The number of nitro benzene ring substituents is 1. The molecular formula is C12H14ClN5O3. The van der Waals surface area contributed by atoms with Gasteiger partial charge in [-0.05, 0) is 19.4 Å². The smallest absolute Gasteiger partial charge is 0.271 e. The number of rotatable bonds is 4. The van der Waals surface area contributed by atoms with Crippen molar-refractivity contribution in [3.8, 4) is 0 Å². The van der Waals surface area contributed by atoms with Crippen molar-refractivity contribution in [1.82, 2.24) is 16.3 Å². The fourth-order valence-corrected chi connectivity index (χ4v) is 2.07. The third kappa shape index (κ3) is 3.97. The second-order valence-corrected chi connectivity index (χ2v) is 5.09. The summed E-state index contributed by atoms with van der Waals surface area (Å²) in [5.74, 6) is -0.272. The third-order valence-electron chi connectivity index (χ3n) is 2.96. The second kappa shape index (κ2) is 6.61. The Morgan fingerprint density at radius 3 is 2.95 bits per heavy atom. The van der Waals surface area contributed by atoms with Crippen LogP contribution >= 0.6 is 11.6 Å². The summed E-state index contributed by atoms with van der Waals surface area (Å²) in [6, 6.07) is 4.13. The standard InChI is InChI=1S/C12H14ClN5O3/c1-7-4-10(16-15-7)12(19)17-14-6-8-2-3-9(13)11(5-8)18(20)21/h2-3,5-7,10,15-16H,4H2,1H3,(H,17,19)/b14-6+. The molecule has 1 aliphatic heterocycles. The van der Waals surface area contributed by atoms with Crippen molar-refractivity contribution in [2.24, 2.45) is 5.10 Å². The Morgan fingerprint density at radius 1 is 1.57 bits per heavy atom. The van der Waals surface area contributed by atoms with E-state index in [0.717, 1.165) is 0 Å². The zero-order valence-electron chi connectivity index (χ0n) is 11.2. The van der Waals surface area contributed by atoms with Gasteiger partial charge in [0.1, 0.15) is 11.1 Å². The van der Waals surface area contributed by atoms with Crippen LogP contribution in [0.2, 0.25) is 5.02 Å². The molecule has 1 aromatic rings. The van der Waals surface area contributed by atoms with Crippen molar-refractivity contribution < 1.29 is 9.72 Å². The van der Waals surface area contributed by atoms with E-state index in [1.54, 1.807) is 6.07 Å². The summed E-state index contributed by atoms with van der Waals surface area (Å²) in [4.78, 5) is 21.9. The van der Waals surface area contributed by atoms with E-state index in [2.05, 4.69) is 21.4 Å². The van der Waals surface area contributed by atoms with Crippen LogP contribution in [0.5, 0.6) is 0 Å². The number of carbonyl (C=O) groups is 1. The number of halogens is 1. The zero-order chi connectivity index (χ0) is 15.4. The SMILES string of the molecule is CC1CC(C(=O)N/N=C/c2ccc(Cl)c([N+](=O)[O-])c2)NN1. The van der Waals surface area contributed by atoms with E-state index in [1.807, 2.05) is 6.92 Å². The number of benzene rings is 1. The second-order valence-electron chi connectivity index (χ2n) is 4.68. The zero-order valence-corrected chi connectivity index (χ0v) is 11.9. The number of carbonyl (C=O) groups excluding carboxylic acids is 1. The lowest BCUT2D eigenvalue weighted by Gasteiger charge is -2.06. The molecule has 0 spiro atoms. The van der Waals surface area contributed by atoms with E-state index in [1.165, 1.54) is 18.3 Å². The molecule has 1 aliphatic rings. The Labute approximate surface area is 125 Å². The van der Waals surface area contributed by atoms with E-state index in [0.29, 0.717) is 12.0 Å². The molecule has 1 heterocycles.